The molecule has 0 spiro atoms. The van der Waals surface area contributed by atoms with Crippen molar-refractivity contribution in [1.29, 1.82) is 0 Å². The van der Waals surface area contributed by atoms with E-state index in [1.54, 1.807) is 6.07 Å². The fourth-order valence-electron chi connectivity index (χ4n) is 2.26. The van der Waals surface area contributed by atoms with Gasteiger partial charge in [-0.1, -0.05) is 30.7 Å². The van der Waals surface area contributed by atoms with Gasteiger partial charge in [-0.3, -0.25) is 4.21 Å². The van der Waals surface area contributed by atoms with Crippen LogP contribution in [0, 0.1) is 0 Å². The molecule has 5 heteroatoms. The van der Waals surface area contributed by atoms with Gasteiger partial charge in [-0.05, 0) is 31.5 Å². The Morgan fingerprint density at radius 2 is 2.26 bits per heavy atom. The van der Waals surface area contributed by atoms with Crippen LogP contribution in [0.25, 0.3) is 0 Å². The van der Waals surface area contributed by atoms with Gasteiger partial charge in [0.05, 0.1) is 32.6 Å². The largest absolute Gasteiger partial charge is 0.380 e. The van der Waals surface area contributed by atoms with Crippen molar-refractivity contribution in [3.63, 3.8) is 0 Å². The van der Waals surface area contributed by atoms with Gasteiger partial charge in [-0.2, -0.15) is 0 Å². The van der Waals surface area contributed by atoms with Gasteiger partial charge < -0.3 is 10.1 Å². The maximum Gasteiger partial charge on any atom is 0.0782 e. The highest BCUT2D eigenvalue weighted by Crippen LogP contribution is 2.25. The van der Waals surface area contributed by atoms with Crippen LogP contribution in [0.3, 0.4) is 0 Å². The molecule has 1 fully saturated rings. The second-order valence-corrected chi connectivity index (χ2v) is 6.74. The Labute approximate surface area is 122 Å². The van der Waals surface area contributed by atoms with Gasteiger partial charge in [0, 0.05) is 12.6 Å². The van der Waals surface area contributed by atoms with Crippen molar-refractivity contribution in [2.45, 2.75) is 36.0 Å². The van der Waals surface area contributed by atoms with Gasteiger partial charge in [0.15, 0.2) is 0 Å². The zero-order chi connectivity index (χ0) is 13.7. The van der Waals surface area contributed by atoms with E-state index in [4.69, 9.17) is 16.3 Å². The number of hydrogen-bond acceptors (Lipinski definition) is 3. The fourth-order valence-corrected chi connectivity index (χ4v) is 4.17. The third kappa shape index (κ3) is 3.78. The lowest BCUT2D eigenvalue weighted by Gasteiger charge is -2.31. The maximum atomic E-state index is 12.7. The Kier molecular flexibility index (Phi) is 5.82. The van der Waals surface area contributed by atoms with Crippen molar-refractivity contribution in [2.75, 3.05) is 19.8 Å². The summed E-state index contributed by atoms with van der Waals surface area (Å²) in [6, 6.07) is 7.59. The van der Waals surface area contributed by atoms with Gasteiger partial charge >= 0.3 is 0 Å². The summed E-state index contributed by atoms with van der Waals surface area (Å²) in [7, 11) is -1.13. The van der Waals surface area contributed by atoms with Crippen LogP contribution in [0.2, 0.25) is 5.02 Å². The number of ether oxygens (including phenoxy) is 1. The maximum absolute atomic E-state index is 12.7. The standard InChI is InChI=1S/C14H20ClNO2S/c1-2-8-16-12-7-9-18-10-14(12)19(17)13-6-4-3-5-11(13)15/h3-6,12,14,16H,2,7-10H2,1H3. The molecule has 0 bridgehead atoms. The third-order valence-corrected chi connectivity index (χ3v) is 5.53. The number of nitrogens with one attached hydrogen (secondary N) is 1. The fraction of sp³-hybridized carbons (Fsp3) is 0.571. The summed E-state index contributed by atoms with van der Waals surface area (Å²) in [4.78, 5) is 0.711. The molecule has 19 heavy (non-hydrogen) atoms. The Hall–Kier alpha value is -0.420. The van der Waals surface area contributed by atoms with Crippen molar-refractivity contribution in [3.8, 4) is 0 Å². The van der Waals surface area contributed by atoms with E-state index in [0.717, 1.165) is 26.0 Å². The minimum absolute atomic E-state index is 0.0276. The van der Waals surface area contributed by atoms with Crippen LogP contribution in [-0.4, -0.2) is 35.3 Å². The van der Waals surface area contributed by atoms with E-state index in [2.05, 4.69) is 12.2 Å². The quantitative estimate of drug-likeness (QED) is 0.908. The van der Waals surface area contributed by atoms with Gasteiger partial charge in [-0.25, -0.2) is 0 Å². The second kappa shape index (κ2) is 7.39. The molecule has 0 aromatic heterocycles. The van der Waals surface area contributed by atoms with E-state index in [0.29, 0.717) is 16.5 Å². The lowest BCUT2D eigenvalue weighted by atomic mass is 10.1. The van der Waals surface area contributed by atoms with Crippen molar-refractivity contribution >= 4 is 22.4 Å². The zero-order valence-electron chi connectivity index (χ0n) is 11.1. The molecule has 0 saturated carbocycles. The van der Waals surface area contributed by atoms with Crippen LogP contribution in [0.1, 0.15) is 19.8 Å². The first-order chi connectivity index (χ1) is 9.24. The van der Waals surface area contributed by atoms with Gasteiger partial charge in [0.1, 0.15) is 0 Å². The highest BCUT2D eigenvalue weighted by molar-refractivity contribution is 7.86. The van der Waals surface area contributed by atoms with Crippen LogP contribution in [0.5, 0.6) is 0 Å². The molecule has 0 radical (unpaired) electrons. The molecule has 106 valence electrons. The topological polar surface area (TPSA) is 38.3 Å². The molecular weight excluding hydrogens is 282 g/mol. The molecule has 1 saturated heterocycles. The van der Waals surface area contributed by atoms with E-state index < -0.39 is 10.8 Å². The first kappa shape index (κ1) is 15.0. The highest BCUT2D eigenvalue weighted by atomic mass is 35.5. The lowest BCUT2D eigenvalue weighted by molar-refractivity contribution is 0.0820. The molecule has 1 heterocycles. The van der Waals surface area contributed by atoms with E-state index in [9.17, 15) is 4.21 Å². The monoisotopic (exact) mass is 301 g/mol. The molecule has 1 aromatic carbocycles. The van der Waals surface area contributed by atoms with Crippen LogP contribution < -0.4 is 5.32 Å². The van der Waals surface area contributed by atoms with Gasteiger partial charge in [-0.15, -0.1) is 0 Å². The minimum Gasteiger partial charge on any atom is -0.380 e. The zero-order valence-corrected chi connectivity index (χ0v) is 12.7. The summed E-state index contributed by atoms with van der Waals surface area (Å²) in [6.45, 7) is 4.34. The SMILES string of the molecule is CCCNC1CCOCC1S(=O)c1ccccc1Cl. The van der Waals surface area contributed by atoms with Crippen LogP contribution in [0.4, 0.5) is 0 Å². The summed E-state index contributed by atoms with van der Waals surface area (Å²) in [5.41, 5.74) is 0. The normalized spacial score (nSPS) is 25.2. The van der Waals surface area contributed by atoms with Gasteiger partial charge in [0.25, 0.3) is 0 Å². The van der Waals surface area contributed by atoms with E-state index >= 15 is 0 Å². The summed E-state index contributed by atoms with van der Waals surface area (Å²) in [5.74, 6) is 0. The molecule has 3 atom stereocenters. The average Bonchev–Trinajstić information content (AvgIpc) is 2.45. The smallest absolute Gasteiger partial charge is 0.0782 e. The third-order valence-electron chi connectivity index (χ3n) is 3.29. The van der Waals surface area contributed by atoms with E-state index in [-0.39, 0.29) is 11.3 Å². The van der Waals surface area contributed by atoms with Crippen molar-refractivity contribution in [2.24, 2.45) is 0 Å². The van der Waals surface area contributed by atoms with E-state index in [1.807, 2.05) is 18.2 Å². The van der Waals surface area contributed by atoms with Crippen molar-refractivity contribution < 1.29 is 8.95 Å². The van der Waals surface area contributed by atoms with Crippen LogP contribution in [0.15, 0.2) is 29.2 Å². The van der Waals surface area contributed by atoms with Crippen LogP contribution in [-0.2, 0) is 15.5 Å². The Morgan fingerprint density at radius 3 is 3.00 bits per heavy atom. The second-order valence-electron chi connectivity index (χ2n) is 4.69. The summed E-state index contributed by atoms with van der Waals surface area (Å²) in [6.07, 6.45) is 1.98. The molecule has 3 unspecified atom stereocenters. The molecule has 2 rings (SSSR count). The molecule has 0 aliphatic carbocycles. The predicted octanol–water partition coefficient (Wildman–Crippen LogP) is 2.60. The molecule has 1 aliphatic rings. The number of rotatable bonds is 5. The summed E-state index contributed by atoms with van der Waals surface area (Å²) in [5, 5.41) is 4.02. The number of benzene rings is 1. The van der Waals surface area contributed by atoms with E-state index in [1.165, 1.54) is 0 Å². The predicted molar refractivity (Wildman–Crippen MR) is 79.2 cm³/mol. The Bertz CT molecular complexity index is 441. The molecule has 1 N–H and O–H groups in total. The molecule has 1 aliphatic heterocycles. The van der Waals surface area contributed by atoms with Gasteiger partial charge in [0.2, 0.25) is 0 Å². The summed E-state index contributed by atoms with van der Waals surface area (Å²) < 4.78 is 18.2. The first-order valence-electron chi connectivity index (χ1n) is 6.70. The van der Waals surface area contributed by atoms with Crippen LogP contribution >= 0.6 is 11.6 Å². The lowest BCUT2D eigenvalue weighted by Crippen LogP contribution is -2.48. The van der Waals surface area contributed by atoms with Crippen molar-refractivity contribution in [1.82, 2.24) is 5.32 Å². The molecule has 3 nitrogen and oxygen atoms in total. The number of hydrogen-bond donors (Lipinski definition) is 1. The summed E-state index contributed by atoms with van der Waals surface area (Å²) >= 11 is 6.14. The Balaban J connectivity index is 2.13. The molecule has 1 aromatic rings. The van der Waals surface area contributed by atoms with Crippen molar-refractivity contribution in [3.05, 3.63) is 29.3 Å². The first-order valence-corrected chi connectivity index (χ1v) is 8.29. The molecular formula is C14H20ClNO2S. The Morgan fingerprint density at radius 1 is 1.47 bits per heavy atom. The number of halogens is 1. The highest BCUT2D eigenvalue weighted by Gasteiger charge is 2.31. The minimum atomic E-state index is -1.13. The average molecular weight is 302 g/mol. The molecule has 0 amide bonds.